The Kier molecular flexibility index (Phi) is 9.40. The third-order valence-corrected chi connectivity index (χ3v) is 3.32. The molecule has 1 heteroatoms. The molecule has 0 saturated carbocycles. The summed E-state index contributed by atoms with van der Waals surface area (Å²) < 4.78 is 0. The van der Waals surface area contributed by atoms with Gasteiger partial charge in [-0.25, -0.2) is 0 Å². The summed E-state index contributed by atoms with van der Waals surface area (Å²) >= 11 is 0. The van der Waals surface area contributed by atoms with Crippen LogP contribution in [0.4, 0.5) is 0 Å². The molecule has 0 spiro atoms. The Morgan fingerprint density at radius 2 is 0.905 bits per heavy atom. The molecule has 0 aliphatic carbocycles. The van der Waals surface area contributed by atoms with Gasteiger partial charge in [-0.2, -0.15) is 0 Å². The van der Waals surface area contributed by atoms with Crippen molar-refractivity contribution in [3.8, 4) is 0 Å². The van der Waals surface area contributed by atoms with E-state index in [1.54, 1.807) is 6.92 Å². The van der Waals surface area contributed by atoms with E-state index in [0.29, 0.717) is 0 Å². The molecule has 0 unspecified atom stereocenters. The van der Waals surface area contributed by atoms with Gasteiger partial charge in [-0.15, -0.1) is 0 Å². The van der Waals surface area contributed by atoms with Crippen molar-refractivity contribution in [3.05, 3.63) is 69.8 Å². The van der Waals surface area contributed by atoms with Gasteiger partial charge in [-0.1, -0.05) is 47.5 Å². The summed E-state index contributed by atoms with van der Waals surface area (Å²) in [5, 5.41) is 7.57. The van der Waals surface area contributed by atoms with E-state index in [4.69, 9.17) is 5.11 Å². The topological polar surface area (TPSA) is 20.2 Å². The van der Waals surface area contributed by atoms with Crippen LogP contribution in [0.2, 0.25) is 0 Å². The lowest BCUT2D eigenvalue weighted by Gasteiger charge is -1.98. The largest absolute Gasteiger partial charge is 0.397 e. The first-order valence-corrected chi connectivity index (χ1v) is 7.50. The summed E-state index contributed by atoms with van der Waals surface area (Å²) in [4.78, 5) is 0. The lowest BCUT2D eigenvalue weighted by atomic mass is 10.1. The number of aliphatic hydroxyl groups excluding tert-OH is 1. The lowest BCUT2D eigenvalue weighted by Crippen LogP contribution is -1.79. The maximum Gasteiger partial charge on any atom is 0.0402 e. The number of benzene rings is 2. The van der Waals surface area contributed by atoms with Crippen molar-refractivity contribution in [3.63, 3.8) is 0 Å². The zero-order valence-corrected chi connectivity index (χ0v) is 14.6. The quantitative estimate of drug-likeness (QED) is 0.703. The monoisotopic (exact) mass is 286 g/mol. The fourth-order valence-corrected chi connectivity index (χ4v) is 1.78. The van der Waals surface area contributed by atoms with E-state index in [0.717, 1.165) is 0 Å². The van der Waals surface area contributed by atoms with Crippen molar-refractivity contribution < 1.29 is 5.11 Å². The van der Waals surface area contributed by atoms with Gasteiger partial charge < -0.3 is 5.11 Å². The number of hydrogen-bond acceptors (Lipinski definition) is 1. The summed E-state index contributed by atoms with van der Waals surface area (Å²) in [6.07, 6.45) is 0. The lowest BCUT2D eigenvalue weighted by molar-refractivity contribution is 0.318. The third-order valence-electron chi connectivity index (χ3n) is 3.32. The molecule has 0 saturated heterocycles. The molecule has 0 aromatic heterocycles. The Balaban J connectivity index is 0.000000322. The second-order valence-corrected chi connectivity index (χ2v) is 5.49. The van der Waals surface area contributed by atoms with Crippen LogP contribution >= 0.6 is 0 Å². The molecular weight excluding hydrogens is 256 g/mol. The van der Waals surface area contributed by atoms with E-state index in [1.165, 1.54) is 33.4 Å². The van der Waals surface area contributed by atoms with Gasteiger partial charge in [-0.05, 0) is 70.7 Å². The highest BCUT2D eigenvalue weighted by Gasteiger charge is 1.89. The average Bonchev–Trinajstić information content (AvgIpc) is 2.41. The van der Waals surface area contributed by atoms with Gasteiger partial charge in [0.15, 0.2) is 0 Å². The number of aryl methyl sites for hydroxylation is 6. The maximum atomic E-state index is 7.57. The van der Waals surface area contributed by atoms with Gasteiger partial charge in [0.2, 0.25) is 0 Å². The van der Waals surface area contributed by atoms with E-state index in [9.17, 15) is 0 Å². The molecule has 2 rings (SSSR count). The molecule has 0 aliphatic heterocycles. The molecule has 0 bridgehead atoms. The number of hydrogen-bond donors (Lipinski definition) is 1. The predicted molar refractivity (Wildman–Crippen MR) is 94.1 cm³/mol. The van der Waals surface area contributed by atoms with Gasteiger partial charge in [0.1, 0.15) is 0 Å². The van der Waals surface area contributed by atoms with E-state index in [2.05, 4.69) is 77.9 Å². The average molecular weight is 286 g/mol. The molecule has 21 heavy (non-hydrogen) atoms. The van der Waals surface area contributed by atoms with E-state index in [1.807, 2.05) is 0 Å². The van der Waals surface area contributed by atoms with Crippen LogP contribution in [0.3, 0.4) is 0 Å². The molecule has 0 radical (unpaired) electrons. The van der Waals surface area contributed by atoms with Gasteiger partial charge in [-0.3, -0.25) is 0 Å². The minimum Gasteiger partial charge on any atom is -0.397 e. The first-order chi connectivity index (χ1) is 9.81. The highest BCUT2D eigenvalue weighted by Crippen LogP contribution is 2.08. The third kappa shape index (κ3) is 8.31. The smallest absolute Gasteiger partial charge is 0.0402 e. The first-order valence-electron chi connectivity index (χ1n) is 7.50. The SMILES string of the molecule is CCO.Cc1ccc(C)c(C)c1.Cc1ccc(C)c(C)c1. The van der Waals surface area contributed by atoms with Crippen molar-refractivity contribution in [2.24, 2.45) is 0 Å². The highest BCUT2D eigenvalue weighted by atomic mass is 16.2. The first kappa shape index (κ1) is 19.4. The molecule has 2 aromatic carbocycles. The molecule has 1 N–H and O–H groups in total. The van der Waals surface area contributed by atoms with Crippen LogP contribution in [0, 0.1) is 41.5 Å². The van der Waals surface area contributed by atoms with E-state index >= 15 is 0 Å². The van der Waals surface area contributed by atoms with Crippen LogP contribution < -0.4 is 0 Å². The van der Waals surface area contributed by atoms with Gasteiger partial charge >= 0.3 is 0 Å². The highest BCUT2D eigenvalue weighted by molar-refractivity contribution is 5.29. The molecule has 116 valence electrons. The summed E-state index contributed by atoms with van der Waals surface area (Å²) in [5.41, 5.74) is 8.21. The van der Waals surface area contributed by atoms with Gasteiger partial charge in [0, 0.05) is 6.61 Å². The Labute approximate surface area is 130 Å². The zero-order chi connectivity index (χ0) is 16.4. The Hall–Kier alpha value is -1.60. The second-order valence-electron chi connectivity index (χ2n) is 5.49. The van der Waals surface area contributed by atoms with Crippen LogP contribution in [-0.2, 0) is 0 Å². The standard InChI is InChI=1S/2C9H12.C2H6O/c2*1-7-4-5-8(2)9(3)6-7;1-2-3/h2*4-6H,1-3H3;3H,2H2,1H3. The fraction of sp³-hybridized carbons (Fsp3) is 0.400. The molecule has 0 atom stereocenters. The molecule has 0 amide bonds. The summed E-state index contributed by atoms with van der Waals surface area (Å²) in [7, 11) is 0. The van der Waals surface area contributed by atoms with Crippen LogP contribution in [0.5, 0.6) is 0 Å². The Bertz CT molecular complexity index is 492. The van der Waals surface area contributed by atoms with Gasteiger partial charge in [0.05, 0.1) is 0 Å². The summed E-state index contributed by atoms with van der Waals surface area (Å²) in [6, 6.07) is 13.0. The van der Waals surface area contributed by atoms with Crippen LogP contribution in [0.15, 0.2) is 36.4 Å². The minimum atomic E-state index is 0.250. The summed E-state index contributed by atoms with van der Waals surface area (Å²) in [6.45, 7) is 14.7. The predicted octanol–water partition coefficient (Wildman–Crippen LogP) is 5.22. The van der Waals surface area contributed by atoms with E-state index < -0.39 is 0 Å². The molecular formula is C20H30O. The second kappa shape index (κ2) is 10.2. The molecule has 2 aromatic rings. The Morgan fingerprint density at radius 3 is 1.10 bits per heavy atom. The maximum absolute atomic E-state index is 7.57. The molecule has 0 heterocycles. The van der Waals surface area contributed by atoms with Crippen LogP contribution in [-0.4, -0.2) is 11.7 Å². The van der Waals surface area contributed by atoms with Crippen molar-refractivity contribution in [2.45, 2.75) is 48.5 Å². The van der Waals surface area contributed by atoms with Crippen molar-refractivity contribution >= 4 is 0 Å². The number of rotatable bonds is 0. The molecule has 0 fully saturated rings. The van der Waals surface area contributed by atoms with Crippen molar-refractivity contribution in [1.82, 2.24) is 0 Å². The van der Waals surface area contributed by atoms with Crippen LogP contribution in [0.25, 0.3) is 0 Å². The summed E-state index contributed by atoms with van der Waals surface area (Å²) in [5.74, 6) is 0. The van der Waals surface area contributed by atoms with Crippen molar-refractivity contribution in [2.75, 3.05) is 6.61 Å². The normalized spacial score (nSPS) is 9.14. The van der Waals surface area contributed by atoms with E-state index in [-0.39, 0.29) is 6.61 Å². The molecule has 1 nitrogen and oxygen atoms in total. The minimum absolute atomic E-state index is 0.250. The van der Waals surface area contributed by atoms with Gasteiger partial charge in [0.25, 0.3) is 0 Å². The zero-order valence-electron chi connectivity index (χ0n) is 14.6. The van der Waals surface area contributed by atoms with Crippen LogP contribution in [0.1, 0.15) is 40.3 Å². The number of aliphatic hydroxyl groups is 1. The fourth-order valence-electron chi connectivity index (χ4n) is 1.78. The Morgan fingerprint density at radius 1 is 0.619 bits per heavy atom. The molecule has 0 aliphatic rings. The van der Waals surface area contributed by atoms with Crippen molar-refractivity contribution in [1.29, 1.82) is 0 Å².